The summed E-state index contributed by atoms with van der Waals surface area (Å²) in [6.45, 7) is 1.65. The van der Waals surface area contributed by atoms with E-state index in [4.69, 9.17) is 0 Å². The molecule has 0 saturated heterocycles. The summed E-state index contributed by atoms with van der Waals surface area (Å²) in [6.07, 6.45) is 0.490. The van der Waals surface area contributed by atoms with Crippen LogP contribution in [-0.4, -0.2) is 6.08 Å². The molecular weight excluding hydrogens is 212 g/mol. The molecule has 1 saturated carbocycles. The zero-order valence-electron chi connectivity index (χ0n) is 8.84. The molecule has 1 aromatic rings. The molecule has 16 heavy (non-hydrogen) atoms. The van der Waals surface area contributed by atoms with Crippen molar-refractivity contribution in [3.63, 3.8) is 0 Å². The fraction of sp³-hybridized carbons (Fsp3) is 0.417. The summed E-state index contributed by atoms with van der Waals surface area (Å²) in [7, 11) is 0. The van der Waals surface area contributed by atoms with Crippen LogP contribution in [0.3, 0.4) is 0 Å². The summed E-state index contributed by atoms with van der Waals surface area (Å²) in [5, 5.41) is 0. The Labute approximate surface area is 92.0 Å². The highest BCUT2D eigenvalue weighted by Crippen LogP contribution is 2.49. The SMILES string of the molecule is Cc1ccc(C2(N=C=O)CC2)cc1C(F)F. The molecule has 1 aromatic carbocycles. The van der Waals surface area contributed by atoms with Crippen LogP contribution in [0.5, 0.6) is 0 Å². The second-order valence-electron chi connectivity index (χ2n) is 4.11. The standard InChI is InChI=1S/C12H11F2NO/c1-8-2-3-9(6-10(8)11(13)14)12(4-5-12)15-7-16/h2-3,6,11H,4-5H2,1H3. The van der Waals surface area contributed by atoms with Crippen molar-refractivity contribution in [1.82, 2.24) is 0 Å². The van der Waals surface area contributed by atoms with Crippen molar-refractivity contribution < 1.29 is 13.6 Å². The van der Waals surface area contributed by atoms with Gasteiger partial charge in [0, 0.05) is 5.56 Å². The van der Waals surface area contributed by atoms with Gasteiger partial charge in [0.25, 0.3) is 6.43 Å². The molecule has 2 rings (SSSR count). The van der Waals surface area contributed by atoms with E-state index >= 15 is 0 Å². The van der Waals surface area contributed by atoms with Crippen molar-refractivity contribution >= 4 is 6.08 Å². The third-order valence-electron chi connectivity index (χ3n) is 3.03. The van der Waals surface area contributed by atoms with Crippen molar-refractivity contribution in [2.24, 2.45) is 4.99 Å². The number of alkyl halides is 2. The first-order valence-electron chi connectivity index (χ1n) is 5.07. The van der Waals surface area contributed by atoms with E-state index in [9.17, 15) is 13.6 Å². The largest absolute Gasteiger partial charge is 0.264 e. The second kappa shape index (κ2) is 3.80. The summed E-state index contributed by atoms with van der Waals surface area (Å²) in [5.74, 6) is 0. The smallest absolute Gasteiger partial charge is 0.211 e. The van der Waals surface area contributed by atoms with Crippen LogP contribution in [0.1, 0.15) is 36.0 Å². The number of aliphatic imine (C=N–C) groups is 1. The van der Waals surface area contributed by atoms with Crippen molar-refractivity contribution in [2.75, 3.05) is 0 Å². The maximum atomic E-state index is 12.7. The Bertz CT molecular complexity index is 460. The molecule has 0 aliphatic heterocycles. The van der Waals surface area contributed by atoms with Crippen molar-refractivity contribution in [3.8, 4) is 0 Å². The van der Waals surface area contributed by atoms with Crippen LogP contribution in [0.4, 0.5) is 8.78 Å². The van der Waals surface area contributed by atoms with Gasteiger partial charge in [0.2, 0.25) is 6.08 Å². The van der Waals surface area contributed by atoms with Crippen molar-refractivity contribution in [2.45, 2.75) is 31.7 Å². The minimum atomic E-state index is -2.49. The number of benzene rings is 1. The molecule has 0 unspecified atom stereocenters. The number of hydrogen-bond acceptors (Lipinski definition) is 2. The van der Waals surface area contributed by atoms with E-state index in [0.29, 0.717) is 11.1 Å². The normalized spacial score (nSPS) is 17.0. The highest BCUT2D eigenvalue weighted by atomic mass is 19.3. The van der Waals surface area contributed by atoms with Crippen LogP contribution in [0.25, 0.3) is 0 Å². The fourth-order valence-corrected chi connectivity index (χ4v) is 1.84. The highest BCUT2D eigenvalue weighted by Gasteiger charge is 2.45. The maximum absolute atomic E-state index is 12.7. The van der Waals surface area contributed by atoms with E-state index in [1.807, 2.05) is 0 Å². The van der Waals surface area contributed by atoms with E-state index in [2.05, 4.69) is 4.99 Å². The Kier molecular flexibility index (Phi) is 2.60. The third kappa shape index (κ3) is 1.76. The topological polar surface area (TPSA) is 29.4 Å². The highest BCUT2D eigenvalue weighted by molar-refractivity contribution is 5.43. The molecule has 1 aliphatic rings. The first-order valence-corrected chi connectivity index (χ1v) is 5.07. The molecular formula is C12H11F2NO. The molecule has 1 fully saturated rings. The van der Waals surface area contributed by atoms with Gasteiger partial charge in [-0.15, -0.1) is 0 Å². The van der Waals surface area contributed by atoms with Crippen molar-refractivity contribution in [1.29, 1.82) is 0 Å². The summed E-state index contributed by atoms with van der Waals surface area (Å²) in [6, 6.07) is 4.86. The van der Waals surface area contributed by atoms with Gasteiger partial charge in [0.15, 0.2) is 0 Å². The average Bonchev–Trinajstić information content (AvgIpc) is 2.99. The molecule has 2 nitrogen and oxygen atoms in total. The average molecular weight is 223 g/mol. The molecule has 0 N–H and O–H groups in total. The van der Waals surface area contributed by atoms with Crippen molar-refractivity contribution in [3.05, 3.63) is 34.9 Å². The Morgan fingerprint density at radius 3 is 2.62 bits per heavy atom. The van der Waals surface area contributed by atoms with Gasteiger partial charge < -0.3 is 0 Å². The number of aryl methyl sites for hydroxylation is 1. The van der Waals surface area contributed by atoms with Gasteiger partial charge in [-0.25, -0.2) is 13.6 Å². The number of isocyanates is 1. The third-order valence-corrected chi connectivity index (χ3v) is 3.03. The Balaban J connectivity index is 2.44. The van der Waals surface area contributed by atoms with E-state index in [-0.39, 0.29) is 5.56 Å². The molecule has 0 atom stereocenters. The van der Waals surface area contributed by atoms with Gasteiger partial charge in [-0.3, -0.25) is 0 Å². The van der Waals surface area contributed by atoms with E-state index in [0.717, 1.165) is 12.8 Å². The first kappa shape index (κ1) is 11.0. The molecule has 0 heterocycles. The van der Waals surface area contributed by atoms with Gasteiger partial charge in [0.1, 0.15) is 0 Å². The molecule has 0 radical (unpaired) electrons. The van der Waals surface area contributed by atoms with E-state index in [1.165, 1.54) is 12.1 Å². The predicted octanol–water partition coefficient (Wildman–Crippen LogP) is 3.26. The number of hydrogen-bond donors (Lipinski definition) is 0. The summed E-state index contributed by atoms with van der Waals surface area (Å²) >= 11 is 0. The van der Waals surface area contributed by atoms with Crippen LogP contribution in [0.2, 0.25) is 0 Å². The monoisotopic (exact) mass is 223 g/mol. The summed E-state index contributed by atoms with van der Waals surface area (Å²) < 4.78 is 25.4. The number of nitrogens with zero attached hydrogens (tertiary/aromatic N) is 1. The van der Waals surface area contributed by atoms with Crippen LogP contribution in [0, 0.1) is 6.92 Å². The summed E-state index contributed by atoms with van der Waals surface area (Å²) in [5.41, 5.74) is 0.699. The Morgan fingerprint density at radius 2 is 2.12 bits per heavy atom. The minimum absolute atomic E-state index is 0.0184. The second-order valence-corrected chi connectivity index (χ2v) is 4.11. The number of halogens is 2. The van der Waals surface area contributed by atoms with Crippen LogP contribution in [-0.2, 0) is 10.3 Å². The number of carbonyl (C=O) groups excluding carboxylic acids is 1. The van der Waals surface area contributed by atoms with Crippen LogP contribution < -0.4 is 0 Å². The lowest BCUT2D eigenvalue weighted by Crippen LogP contribution is -2.04. The first-order chi connectivity index (χ1) is 7.59. The van der Waals surface area contributed by atoms with Gasteiger partial charge >= 0.3 is 0 Å². The quantitative estimate of drug-likeness (QED) is 0.571. The van der Waals surface area contributed by atoms with Gasteiger partial charge in [-0.2, -0.15) is 4.99 Å². The summed E-state index contributed by atoms with van der Waals surface area (Å²) in [4.78, 5) is 14.0. The lowest BCUT2D eigenvalue weighted by molar-refractivity contribution is 0.150. The van der Waals surface area contributed by atoms with E-state index < -0.39 is 12.0 Å². The molecule has 4 heteroatoms. The van der Waals surface area contributed by atoms with Gasteiger partial charge in [0.05, 0.1) is 5.54 Å². The zero-order chi connectivity index (χ0) is 11.8. The molecule has 84 valence electrons. The Morgan fingerprint density at radius 1 is 1.44 bits per heavy atom. The molecule has 0 amide bonds. The van der Waals surface area contributed by atoms with Gasteiger partial charge in [-0.1, -0.05) is 12.1 Å². The maximum Gasteiger partial charge on any atom is 0.264 e. The molecule has 0 bridgehead atoms. The van der Waals surface area contributed by atoms with Crippen LogP contribution >= 0.6 is 0 Å². The minimum Gasteiger partial charge on any atom is -0.211 e. The zero-order valence-corrected chi connectivity index (χ0v) is 8.84. The fourth-order valence-electron chi connectivity index (χ4n) is 1.84. The molecule has 0 aromatic heterocycles. The van der Waals surface area contributed by atoms with E-state index in [1.54, 1.807) is 19.1 Å². The lowest BCUT2D eigenvalue weighted by atomic mass is 9.99. The molecule has 0 spiro atoms. The predicted molar refractivity (Wildman–Crippen MR) is 55.2 cm³/mol. The lowest BCUT2D eigenvalue weighted by Gasteiger charge is -2.12. The van der Waals surface area contributed by atoms with Crippen LogP contribution in [0.15, 0.2) is 23.2 Å². The molecule has 1 aliphatic carbocycles. The Hall–Kier alpha value is -1.54. The van der Waals surface area contributed by atoms with Gasteiger partial charge in [-0.05, 0) is 37.0 Å². The number of rotatable bonds is 3.